The summed E-state index contributed by atoms with van der Waals surface area (Å²) < 4.78 is 17.4. The standard InChI is InChI=1S/C2H3N3.2HO3P/c1-2-4-5-3-1;2*1-4(2)3/h1-2H,(H,3,4,5);2*(H-,1,2,3)/p+2. The monoisotopic (exact) mass is 231 g/mol. The highest BCUT2D eigenvalue weighted by atomic mass is 31.1. The van der Waals surface area contributed by atoms with E-state index in [0.29, 0.717) is 0 Å². The quantitative estimate of drug-likeness (QED) is 0.358. The summed E-state index contributed by atoms with van der Waals surface area (Å²) >= 11 is 0. The van der Waals surface area contributed by atoms with Crippen LogP contribution in [0.5, 0.6) is 0 Å². The van der Waals surface area contributed by atoms with Crippen LogP contribution in [0.2, 0.25) is 0 Å². The molecular weight excluding hydrogens is 224 g/mol. The van der Waals surface area contributed by atoms with Crippen molar-refractivity contribution in [1.82, 2.24) is 15.4 Å². The smallest absolute Gasteiger partial charge is 0.198 e. The summed E-state index contributed by atoms with van der Waals surface area (Å²) in [7, 11) is -5.74. The lowest BCUT2D eigenvalue weighted by molar-refractivity contribution is 0.403. The predicted molar refractivity (Wildman–Crippen MR) is 40.5 cm³/mol. The fourth-order valence-electron chi connectivity index (χ4n) is 0.167. The summed E-state index contributed by atoms with van der Waals surface area (Å²) in [6.45, 7) is 0. The van der Waals surface area contributed by atoms with Crippen LogP contribution in [0.4, 0.5) is 0 Å². The number of nitrogens with zero attached hydrogens (tertiary/aromatic N) is 2. The molecule has 0 spiro atoms. The van der Waals surface area contributed by atoms with E-state index in [4.69, 9.17) is 28.7 Å². The Hall–Kier alpha value is -0.820. The Balaban J connectivity index is 0. The minimum atomic E-state index is -2.87. The van der Waals surface area contributed by atoms with E-state index in [1.807, 2.05) is 0 Å². The van der Waals surface area contributed by atoms with Gasteiger partial charge in [0.2, 0.25) is 0 Å². The number of aromatic nitrogens is 3. The lowest BCUT2D eigenvalue weighted by atomic mass is 11.0. The van der Waals surface area contributed by atoms with Crippen LogP contribution < -0.4 is 0 Å². The molecule has 0 aliphatic rings. The van der Waals surface area contributed by atoms with Gasteiger partial charge in [-0.15, -0.1) is 19.6 Å². The van der Waals surface area contributed by atoms with Crippen molar-refractivity contribution in [2.24, 2.45) is 0 Å². The SMILES string of the molecule is O=[P+](O)O.O=[P+](O)O.c1cn[nH]n1. The Morgan fingerprint density at radius 3 is 1.23 bits per heavy atom. The van der Waals surface area contributed by atoms with E-state index in [-0.39, 0.29) is 0 Å². The summed E-state index contributed by atoms with van der Waals surface area (Å²) in [6, 6.07) is 0. The number of hydrogen-bond donors (Lipinski definition) is 5. The van der Waals surface area contributed by atoms with Gasteiger partial charge in [0.1, 0.15) is 0 Å². The molecule has 0 aromatic carbocycles. The Kier molecular flexibility index (Phi) is 12.6. The maximum absolute atomic E-state index is 8.70. The number of rotatable bonds is 0. The van der Waals surface area contributed by atoms with E-state index in [9.17, 15) is 0 Å². The van der Waals surface area contributed by atoms with E-state index < -0.39 is 16.5 Å². The van der Waals surface area contributed by atoms with Gasteiger partial charge in [-0.1, -0.05) is 0 Å². The van der Waals surface area contributed by atoms with Crippen LogP contribution in [0.25, 0.3) is 0 Å². The van der Waals surface area contributed by atoms with Crippen LogP contribution in [-0.2, 0) is 9.13 Å². The van der Waals surface area contributed by atoms with Gasteiger partial charge in [0, 0.05) is 9.13 Å². The van der Waals surface area contributed by atoms with Crippen molar-refractivity contribution in [3.63, 3.8) is 0 Å². The third kappa shape index (κ3) is 53.9. The van der Waals surface area contributed by atoms with Gasteiger partial charge in [0.25, 0.3) is 0 Å². The first kappa shape index (κ1) is 14.7. The van der Waals surface area contributed by atoms with Crippen LogP contribution in [-0.4, -0.2) is 35.0 Å². The molecule has 0 amide bonds. The Morgan fingerprint density at radius 2 is 1.15 bits per heavy atom. The van der Waals surface area contributed by atoms with Gasteiger partial charge in [0.05, 0.1) is 12.4 Å². The molecule has 0 saturated heterocycles. The van der Waals surface area contributed by atoms with Crippen LogP contribution in [0.3, 0.4) is 0 Å². The molecule has 0 atom stereocenters. The summed E-state index contributed by atoms with van der Waals surface area (Å²) in [6.07, 6.45) is 3.17. The number of H-pyrrole nitrogens is 1. The van der Waals surface area contributed by atoms with Crippen LogP contribution in [0.15, 0.2) is 12.4 Å². The molecule has 0 saturated carbocycles. The number of aromatic amines is 1. The Bertz CT molecular complexity index is 189. The van der Waals surface area contributed by atoms with Gasteiger partial charge in [-0.2, -0.15) is 15.4 Å². The molecule has 0 unspecified atom stereocenters. The van der Waals surface area contributed by atoms with Crippen molar-refractivity contribution in [2.75, 3.05) is 0 Å². The fourth-order valence-corrected chi connectivity index (χ4v) is 0.167. The first-order chi connectivity index (χ1) is 5.96. The molecule has 0 bridgehead atoms. The molecule has 13 heavy (non-hydrogen) atoms. The van der Waals surface area contributed by atoms with Crippen LogP contribution >= 0.6 is 16.5 Å². The molecule has 1 rings (SSSR count). The number of nitrogens with one attached hydrogen (secondary N) is 1. The second-order valence-electron chi connectivity index (χ2n) is 1.16. The van der Waals surface area contributed by atoms with Gasteiger partial charge < -0.3 is 0 Å². The highest BCUT2D eigenvalue weighted by Gasteiger charge is 1.93. The van der Waals surface area contributed by atoms with Crippen molar-refractivity contribution >= 4 is 16.5 Å². The lowest BCUT2D eigenvalue weighted by Crippen LogP contribution is -1.61. The summed E-state index contributed by atoms with van der Waals surface area (Å²) in [4.78, 5) is 28.5. The van der Waals surface area contributed by atoms with Gasteiger partial charge in [0.15, 0.2) is 0 Å². The first-order valence-corrected chi connectivity index (χ1v) is 4.79. The molecule has 0 aliphatic heterocycles. The molecule has 1 aromatic rings. The van der Waals surface area contributed by atoms with Crippen LogP contribution in [0.1, 0.15) is 0 Å². The third-order valence-corrected chi connectivity index (χ3v) is 0.331. The maximum atomic E-state index is 8.70. The first-order valence-electron chi connectivity index (χ1n) is 2.46. The zero-order valence-electron chi connectivity index (χ0n) is 6.05. The molecule has 1 aromatic heterocycles. The molecule has 5 N–H and O–H groups in total. The number of hydrogen-bond acceptors (Lipinski definition) is 4. The van der Waals surface area contributed by atoms with Crippen molar-refractivity contribution in [2.45, 2.75) is 0 Å². The van der Waals surface area contributed by atoms with E-state index >= 15 is 0 Å². The maximum Gasteiger partial charge on any atom is 0.692 e. The van der Waals surface area contributed by atoms with Gasteiger partial charge >= 0.3 is 16.5 Å². The minimum absolute atomic E-state index is 1.58. The zero-order chi connectivity index (χ0) is 10.7. The second kappa shape index (κ2) is 11.2. The average Bonchev–Trinajstić information content (AvgIpc) is 2.35. The van der Waals surface area contributed by atoms with E-state index in [1.54, 1.807) is 12.4 Å². The topological polar surface area (TPSA) is 157 Å². The predicted octanol–water partition coefficient (Wildman–Crippen LogP) is -0.939. The van der Waals surface area contributed by atoms with Crippen molar-refractivity contribution in [3.05, 3.63) is 12.4 Å². The fraction of sp³-hybridized carbons (Fsp3) is 0. The molecule has 1 heterocycles. The second-order valence-corrected chi connectivity index (χ2v) is 2.17. The van der Waals surface area contributed by atoms with Gasteiger partial charge in [-0.25, -0.2) is 0 Å². The normalized spacial score (nSPS) is 7.08. The molecular formula is C2H7N3O6P2+2. The average molecular weight is 231 g/mol. The van der Waals surface area contributed by atoms with Crippen molar-refractivity contribution in [3.8, 4) is 0 Å². The Morgan fingerprint density at radius 1 is 0.923 bits per heavy atom. The van der Waals surface area contributed by atoms with E-state index in [1.165, 1.54) is 0 Å². The summed E-state index contributed by atoms with van der Waals surface area (Å²) in [5, 5.41) is 9.33. The highest BCUT2D eigenvalue weighted by Crippen LogP contribution is 1.98. The summed E-state index contributed by atoms with van der Waals surface area (Å²) in [5.41, 5.74) is 0. The van der Waals surface area contributed by atoms with Crippen LogP contribution in [0, 0.1) is 0 Å². The lowest BCUT2D eigenvalue weighted by Gasteiger charge is -1.48. The van der Waals surface area contributed by atoms with Crippen molar-refractivity contribution < 1.29 is 28.7 Å². The van der Waals surface area contributed by atoms with Gasteiger partial charge in [-0.05, 0) is 0 Å². The molecule has 9 nitrogen and oxygen atoms in total. The van der Waals surface area contributed by atoms with Crippen molar-refractivity contribution in [1.29, 1.82) is 0 Å². The molecule has 74 valence electrons. The molecule has 0 fully saturated rings. The zero-order valence-corrected chi connectivity index (χ0v) is 7.84. The minimum Gasteiger partial charge on any atom is -0.198 e. The Labute approximate surface area is 74.0 Å². The molecule has 0 radical (unpaired) electrons. The van der Waals surface area contributed by atoms with E-state index in [0.717, 1.165) is 0 Å². The third-order valence-electron chi connectivity index (χ3n) is 0.331. The summed E-state index contributed by atoms with van der Waals surface area (Å²) in [5.74, 6) is 0. The largest absolute Gasteiger partial charge is 0.692 e. The van der Waals surface area contributed by atoms with Gasteiger partial charge in [-0.3, -0.25) is 0 Å². The highest BCUT2D eigenvalue weighted by molar-refractivity contribution is 7.31. The molecule has 11 heteroatoms. The molecule has 0 aliphatic carbocycles. The van der Waals surface area contributed by atoms with E-state index in [2.05, 4.69) is 15.4 Å².